The smallest absolute Gasteiger partial charge is 0.237 e. The maximum atomic E-state index is 13.2. The van der Waals surface area contributed by atoms with Crippen molar-refractivity contribution >= 4 is 17.2 Å². The Kier molecular flexibility index (Phi) is 7.90. The van der Waals surface area contributed by atoms with E-state index in [0.29, 0.717) is 32.0 Å². The van der Waals surface area contributed by atoms with E-state index in [1.54, 1.807) is 31.4 Å². The summed E-state index contributed by atoms with van der Waals surface area (Å²) in [5.74, 6) is 1.48. The summed E-state index contributed by atoms with van der Waals surface area (Å²) < 4.78 is 11.3. The minimum absolute atomic E-state index is 0.0357. The molecular weight excluding hydrogens is 400 g/mol. The molecule has 2 heterocycles. The van der Waals surface area contributed by atoms with Crippen LogP contribution in [0.5, 0.6) is 11.5 Å². The number of amides is 1. The highest BCUT2D eigenvalue weighted by Crippen LogP contribution is 2.34. The minimum atomic E-state index is -0.505. The molecule has 7 heteroatoms. The van der Waals surface area contributed by atoms with Crippen LogP contribution in [0.2, 0.25) is 0 Å². The number of thiophene rings is 1. The van der Waals surface area contributed by atoms with Crippen LogP contribution in [0.4, 0.5) is 0 Å². The van der Waals surface area contributed by atoms with Gasteiger partial charge >= 0.3 is 0 Å². The molecule has 1 amide bonds. The molecular formula is C23H30N2O4S. The molecule has 1 aliphatic heterocycles. The molecule has 0 saturated heterocycles. The average molecular weight is 431 g/mol. The van der Waals surface area contributed by atoms with Crippen LogP contribution in [0.3, 0.4) is 0 Å². The molecule has 0 spiro atoms. The topological polar surface area (TPSA) is 62.2 Å². The zero-order valence-corrected chi connectivity index (χ0v) is 18.4. The summed E-state index contributed by atoms with van der Waals surface area (Å²) in [5.41, 5.74) is 1.16. The standard InChI is InChI=1S/C23H30N2O4S/c1-4-10-24(14-17(2)26)15-23(27)25-11-8-22-20(9-12-30-22)21(25)16-29-19-7-5-6-18(13-19)28-3/h4-7,9,12-13,17,21,26H,1,8,10-11,14-16H2,2-3H3/t17-,21+/m0/s1. The van der Waals surface area contributed by atoms with Crippen LogP contribution in [0, 0.1) is 0 Å². The number of rotatable bonds is 10. The minimum Gasteiger partial charge on any atom is -0.497 e. The number of hydrogen-bond acceptors (Lipinski definition) is 6. The first-order valence-electron chi connectivity index (χ1n) is 10.2. The maximum absolute atomic E-state index is 13.2. The number of carbonyl (C=O) groups excluding carboxylic acids is 1. The lowest BCUT2D eigenvalue weighted by Crippen LogP contribution is -2.47. The molecule has 2 aromatic rings. The Hall–Kier alpha value is -2.35. The number of methoxy groups -OCH3 is 1. The van der Waals surface area contributed by atoms with E-state index in [1.807, 2.05) is 34.1 Å². The van der Waals surface area contributed by atoms with Crippen molar-refractivity contribution in [3.63, 3.8) is 0 Å². The van der Waals surface area contributed by atoms with Crippen LogP contribution in [0.1, 0.15) is 23.4 Å². The Bertz CT molecular complexity index is 851. The normalized spacial score (nSPS) is 16.8. The van der Waals surface area contributed by atoms with Crippen molar-refractivity contribution in [1.82, 2.24) is 9.80 Å². The first-order valence-corrected chi connectivity index (χ1v) is 11.0. The van der Waals surface area contributed by atoms with Crippen molar-refractivity contribution in [2.75, 3.05) is 39.9 Å². The summed E-state index contributed by atoms with van der Waals surface area (Å²) in [5, 5.41) is 11.8. The van der Waals surface area contributed by atoms with Crippen molar-refractivity contribution in [3.05, 3.63) is 58.8 Å². The molecule has 6 nitrogen and oxygen atoms in total. The lowest BCUT2D eigenvalue weighted by molar-refractivity contribution is -0.136. The van der Waals surface area contributed by atoms with Gasteiger partial charge in [-0.15, -0.1) is 17.9 Å². The number of nitrogens with zero attached hydrogens (tertiary/aromatic N) is 2. The molecule has 1 aliphatic rings. The Morgan fingerprint density at radius 1 is 1.43 bits per heavy atom. The van der Waals surface area contributed by atoms with E-state index in [0.717, 1.165) is 17.7 Å². The third-order valence-electron chi connectivity index (χ3n) is 5.13. The van der Waals surface area contributed by atoms with Crippen molar-refractivity contribution in [2.24, 2.45) is 0 Å². The van der Waals surface area contributed by atoms with Crippen molar-refractivity contribution in [1.29, 1.82) is 0 Å². The van der Waals surface area contributed by atoms with Gasteiger partial charge in [0.15, 0.2) is 0 Å². The highest BCUT2D eigenvalue weighted by atomic mass is 32.1. The van der Waals surface area contributed by atoms with Crippen LogP contribution in [0.25, 0.3) is 0 Å². The molecule has 2 atom stereocenters. The fourth-order valence-electron chi connectivity index (χ4n) is 3.78. The molecule has 0 bridgehead atoms. The van der Waals surface area contributed by atoms with E-state index in [-0.39, 0.29) is 18.5 Å². The molecule has 162 valence electrons. The van der Waals surface area contributed by atoms with Gasteiger partial charge in [-0.05, 0) is 42.5 Å². The number of carbonyl (C=O) groups is 1. The number of benzene rings is 1. The van der Waals surface area contributed by atoms with Crippen molar-refractivity contribution < 1.29 is 19.4 Å². The van der Waals surface area contributed by atoms with E-state index < -0.39 is 6.10 Å². The molecule has 3 rings (SSSR count). The van der Waals surface area contributed by atoms with E-state index in [2.05, 4.69) is 18.0 Å². The second-order valence-corrected chi connectivity index (χ2v) is 8.47. The molecule has 0 aliphatic carbocycles. The van der Waals surface area contributed by atoms with E-state index >= 15 is 0 Å². The fourth-order valence-corrected chi connectivity index (χ4v) is 4.71. The molecule has 0 radical (unpaired) electrons. The molecule has 1 aromatic heterocycles. The van der Waals surface area contributed by atoms with E-state index in [1.165, 1.54) is 4.88 Å². The van der Waals surface area contributed by atoms with Crippen LogP contribution in [0.15, 0.2) is 48.4 Å². The number of hydrogen-bond donors (Lipinski definition) is 1. The van der Waals surface area contributed by atoms with Gasteiger partial charge in [0.25, 0.3) is 0 Å². The fraction of sp³-hybridized carbons (Fsp3) is 0.435. The lowest BCUT2D eigenvalue weighted by Gasteiger charge is -2.37. The quantitative estimate of drug-likeness (QED) is 0.587. The molecule has 0 unspecified atom stereocenters. The largest absolute Gasteiger partial charge is 0.497 e. The SMILES string of the molecule is C=CCN(CC(=O)N1CCc2sccc2[C@H]1COc1cccc(OC)c1)C[C@H](C)O. The predicted molar refractivity (Wildman–Crippen MR) is 119 cm³/mol. The number of aliphatic hydroxyl groups excluding tert-OH is 1. The average Bonchev–Trinajstić information content (AvgIpc) is 3.20. The van der Waals surface area contributed by atoms with E-state index in [4.69, 9.17) is 9.47 Å². The first kappa shape index (κ1) is 22.3. The first-order chi connectivity index (χ1) is 14.5. The second-order valence-electron chi connectivity index (χ2n) is 7.47. The highest BCUT2D eigenvalue weighted by Gasteiger charge is 2.32. The van der Waals surface area contributed by atoms with Crippen molar-refractivity contribution in [2.45, 2.75) is 25.5 Å². The zero-order valence-electron chi connectivity index (χ0n) is 17.6. The molecule has 30 heavy (non-hydrogen) atoms. The van der Waals surface area contributed by atoms with Gasteiger partial charge in [0.05, 0.1) is 25.8 Å². The Morgan fingerprint density at radius 3 is 2.97 bits per heavy atom. The lowest BCUT2D eigenvalue weighted by atomic mass is 10.0. The summed E-state index contributed by atoms with van der Waals surface area (Å²) in [6.45, 7) is 7.76. The third kappa shape index (κ3) is 5.62. The highest BCUT2D eigenvalue weighted by molar-refractivity contribution is 7.10. The Labute approximate surface area is 182 Å². The molecule has 1 aromatic carbocycles. The summed E-state index contributed by atoms with van der Waals surface area (Å²) in [4.78, 5) is 18.4. The van der Waals surface area contributed by atoms with Crippen LogP contribution >= 0.6 is 11.3 Å². The van der Waals surface area contributed by atoms with Gasteiger partial charge in [-0.2, -0.15) is 0 Å². The number of aliphatic hydroxyl groups is 1. The third-order valence-corrected chi connectivity index (χ3v) is 6.13. The predicted octanol–water partition coefficient (Wildman–Crippen LogP) is 3.13. The molecule has 0 saturated carbocycles. The molecule has 0 fully saturated rings. The summed E-state index contributed by atoms with van der Waals surface area (Å²) in [6.07, 6.45) is 2.10. The van der Waals surface area contributed by atoms with Gasteiger partial charge in [-0.3, -0.25) is 9.69 Å². The van der Waals surface area contributed by atoms with Gasteiger partial charge in [-0.25, -0.2) is 0 Å². The van der Waals surface area contributed by atoms with Gasteiger partial charge in [0.2, 0.25) is 5.91 Å². The van der Waals surface area contributed by atoms with Gasteiger partial charge in [0.1, 0.15) is 18.1 Å². The van der Waals surface area contributed by atoms with Crippen LogP contribution in [-0.2, 0) is 11.2 Å². The van der Waals surface area contributed by atoms with Crippen LogP contribution < -0.4 is 9.47 Å². The van der Waals surface area contributed by atoms with Gasteiger partial charge < -0.3 is 19.5 Å². The Morgan fingerprint density at radius 2 is 2.23 bits per heavy atom. The van der Waals surface area contributed by atoms with Gasteiger partial charge in [-0.1, -0.05) is 12.1 Å². The zero-order chi connectivity index (χ0) is 21.5. The van der Waals surface area contributed by atoms with E-state index in [9.17, 15) is 9.90 Å². The van der Waals surface area contributed by atoms with Crippen LogP contribution in [-0.4, -0.2) is 66.8 Å². The second kappa shape index (κ2) is 10.6. The molecule has 1 N–H and O–H groups in total. The monoisotopic (exact) mass is 430 g/mol. The van der Waals surface area contributed by atoms with Gasteiger partial charge in [0, 0.05) is 30.6 Å². The van der Waals surface area contributed by atoms with Crippen molar-refractivity contribution in [3.8, 4) is 11.5 Å². The number of ether oxygens (including phenoxy) is 2. The Balaban J connectivity index is 1.74. The summed E-state index contributed by atoms with van der Waals surface area (Å²) >= 11 is 1.73. The number of fused-ring (bicyclic) bond motifs is 1. The summed E-state index contributed by atoms with van der Waals surface area (Å²) in [6, 6.07) is 9.44. The maximum Gasteiger partial charge on any atom is 0.237 e. The summed E-state index contributed by atoms with van der Waals surface area (Å²) in [7, 11) is 1.63.